The lowest BCUT2D eigenvalue weighted by atomic mass is 10.2. The van der Waals surface area contributed by atoms with Crippen molar-refractivity contribution in [3.63, 3.8) is 0 Å². The van der Waals surface area contributed by atoms with E-state index in [9.17, 15) is 0 Å². The van der Waals surface area contributed by atoms with Gasteiger partial charge in [0.1, 0.15) is 0 Å². The Kier molecular flexibility index (Phi) is 2.31. The van der Waals surface area contributed by atoms with E-state index < -0.39 is 0 Å². The second-order valence-corrected chi connectivity index (χ2v) is 3.09. The number of rotatable bonds is 2. The third-order valence-corrected chi connectivity index (χ3v) is 2.29. The number of benzene rings is 1. The van der Waals surface area contributed by atoms with Crippen LogP contribution in [-0.4, -0.2) is 20.8 Å². The SMILES string of the molecule is COc1cc2c(cc1OC)=CNCC=2. The Labute approximate surface area is 82.6 Å². The topological polar surface area (TPSA) is 30.5 Å². The number of methoxy groups -OCH3 is 2. The summed E-state index contributed by atoms with van der Waals surface area (Å²) in [5.41, 5.74) is 0. The van der Waals surface area contributed by atoms with Gasteiger partial charge in [0.15, 0.2) is 11.5 Å². The third-order valence-electron chi connectivity index (χ3n) is 2.29. The van der Waals surface area contributed by atoms with E-state index in [0.717, 1.165) is 23.3 Å². The normalized spacial score (nSPS) is 13.0. The molecule has 2 rings (SSSR count). The van der Waals surface area contributed by atoms with Gasteiger partial charge in [0.05, 0.1) is 14.2 Å². The van der Waals surface area contributed by atoms with Crippen LogP contribution in [0.15, 0.2) is 12.1 Å². The van der Waals surface area contributed by atoms with Crippen LogP contribution in [0.3, 0.4) is 0 Å². The molecule has 0 spiro atoms. The number of fused-ring (bicyclic) bond motifs is 1. The third kappa shape index (κ3) is 1.41. The van der Waals surface area contributed by atoms with Crippen molar-refractivity contribution in [2.45, 2.75) is 0 Å². The van der Waals surface area contributed by atoms with Gasteiger partial charge in [-0.25, -0.2) is 0 Å². The average molecular weight is 191 g/mol. The maximum atomic E-state index is 5.22. The molecule has 14 heavy (non-hydrogen) atoms. The Bertz CT molecular complexity index is 408. The highest BCUT2D eigenvalue weighted by atomic mass is 16.5. The highest BCUT2D eigenvalue weighted by Gasteiger charge is 2.04. The van der Waals surface area contributed by atoms with Crippen molar-refractivity contribution in [2.75, 3.05) is 20.8 Å². The van der Waals surface area contributed by atoms with Gasteiger partial charge < -0.3 is 14.8 Å². The fourth-order valence-corrected chi connectivity index (χ4v) is 1.55. The Morgan fingerprint density at radius 3 is 2.36 bits per heavy atom. The smallest absolute Gasteiger partial charge is 0.161 e. The number of hydrogen-bond acceptors (Lipinski definition) is 3. The maximum Gasteiger partial charge on any atom is 0.161 e. The summed E-state index contributed by atoms with van der Waals surface area (Å²) in [6.07, 6.45) is 4.11. The predicted octanol–water partition coefficient (Wildman–Crippen LogP) is -0.174. The van der Waals surface area contributed by atoms with Gasteiger partial charge in [-0.3, -0.25) is 0 Å². The summed E-state index contributed by atoms with van der Waals surface area (Å²) in [7, 11) is 3.29. The van der Waals surface area contributed by atoms with Crippen LogP contribution < -0.4 is 25.2 Å². The molecule has 0 saturated carbocycles. The largest absolute Gasteiger partial charge is 0.493 e. The predicted molar refractivity (Wildman–Crippen MR) is 55.7 cm³/mol. The molecule has 1 aromatic carbocycles. The standard InChI is InChI=1S/C11H13NO2/c1-13-10-5-8-3-4-12-7-9(8)6-11(10)14-2/h3,5-7,12H,4H2,1-2H3. The van der Waals surface area contributed by atoms with Gasteiger partial charge in [-0.2, -0.15) is 0 Å². The maximum absolute atomic E-state index is 5.22. The molecule has 3 heteroatoms. The molecule has 1 aliphatic heterocycles. The van der Waals surface area contributed by atoms with Crippen molar-refractivity contribution in [3.05, 3.63) is 22.6 Å². The first-order valence-corrected chi connectivity index (χ1v) is 4.51. The van der Waals surface area contributed by atoms with Gasteiger partial charge in [0, 0.05) is 18.0 Å². The number of nitrogens with one attached hydrogen (secondary N) is 1. The molecule has 0 fully saturated rings. The summed E-state index contributed by atoms with van der Waals surface area (Å²) < 4.78 is 10.4. The summed E-state index contributed by atoms with van der Waals surface area (Å²) >= 11 is 0. The van der Waals surface area contributed by atoms with Crippen molar-refractivity contribution < 1.29 is 9.47 Å². The van der Waals surface area contributed by atoms with Crippen molar-refractivity contribution in [2.24, 2.45) is 0 Å². The number of ether oxygens (including phenoxy) is 2. The molecule has 3 nitrogen and oxygen atoms in total. The second-order valence-electron chi connectivity index (χ2n) is 3.09. The summed E-state index contributed by atoms with van der Waals surface area (Å²) in [5.74, 6) is 1.54. The molecule has 1 aliphatic rings. The Morgan fingerprint density at radius 2 is 1.71 bits per heavy atom. The Balaban J connectivity index is 2.68. The molecule has 0 bridgehead atoms. The van der Waals surface area contributed by atoms with Crippen molar-refractivity contribution >= 4 is 12.3 Å². The molecule has 1 aromatic rings. The fraction of sp³-hybridized carbons (Fsp3) is 0.273. The van der Waals surface area contributed by atoms with Gasteiger partial charge in [0.25, 0.3) is 0 Å². The molecule has 0 saturated heterocycles. The molecule has 0 aliphatic carbocycles. The second kappa shape index (κ2) is 3.62. The van der Waals surface area contributed by atoms with Crippen molar-refractivity contribution in [1.29, 1.82) is 0 Å². The van der Waals surface area contributed by atoms with E-state index in [2.05, 4.69) is 11.4 Å². The van der Waals surface area contributed by atoms with Gasteiger partial charge in [-0.15, -0.1) is 0 Å². The first kappa shape index (κ1) is 8.94. The summed E-state index contributed by atoms with van der Waals surface area (Å²) in [5, 5.41) is 5.47. The lowest BCUT2D eigenvalue weighted by Crippen LogP contribution is -2.32. The van der Waals surface area contributed by atoms with Crippen molar-refractivity contribution in [1.82, 2.24) is 5.32 Å². The molecule has 0 radical (unpaired) electrons. The van der Waals surface area contributed by atoms with Gasteiger partial charge in [-0.1, -0.05) is 6.08 Å². The number of hydrogen-bond donors (Lipinski definition) is 1. The average Bonchev–Trinajstić information content (AvgIpc) is 2.27. The highest BCUT2D eigenvalue weighted by molar-refractivity contribution is 5.47. The molecule has 1 heterocycles. The van der Waals surface area contributed by atoms with E-state index in [1.54, 1.807) is 14.2 Å². The molecule has 0 aromatic heterocycles. The molecular formula is C11H13NO2. The van der Waals surface area contributed by atoms with Gasteiger partial charge in [0.2, 0.25) is 0 Å². The lowest BCUT2D eigenvalue weighted by molar-refractivity contribution is 0.354. The minimum Gasteiger partial charge on any atom is -0.493 e. The van der Waals surface area contributed by atoms with Crippen LogP contribution in [-0.2, 0) is 0 Å². The summed E-state index contributed by atoms with van der Waals surface area (Å²) in [6, 6.07) is 3.96. The minimum absolute atomic E-state index is 0.764. The van der Waals surface area contributed by atoms with Crippen molar-refractivity contribution in [3.8, 4) is 11.5 Å². The molecule has 1 N–H and O–H groups in total. The molecule has 0 atom stereocenters. The van der Waals surface area contributed by atoms with Crippen LogP contribution in [0.25, 0.3) is 12.3 Å². The van der Waals surface area contributed by atoms with Crippen LogP contribution in [0.1, 0.15) is 0 Å². The first-order chi connectivity index (χ1) is 6.85. The van der Waals surface area contributed by atoms with Crippen LogP contribution >= 0.6 is 0 Å². The highest BCUT2D eigenvalue weighted by Crippen LogP contribution is 2.21. The lowest BCUT2D eigenvalue weighted by Gasteiger charge is -2.09. The molecule has 74 valence electrons. The Morgan fingerprint density at radius 1 is 1.07 bits per heavy atom. The van der Waals surface area contributed by atoms with Crippen LogP contribution in [0, 0.1) is 0 Å². The van der Waals surface area contributed by atoms with Crippen LogP contribution in [0.4, 0.5) is 0 Å². The zero-order valence-corrected chi connectivity index (χ0v) is 8.33. The fourth-order valence-electron chi connectivity index (χ4n) is 1.55. The Hall–Kier alpha value is -1.64. The molecular weight excluding hydrogens is 178 g/mol. The van der Waals surface area contributed by atoms with E-state index in [4.69, 9.17) is 9.47 Å². The van der Waals surface area contributed by atoms with E-state index in [0.29, 0.717) is 0 Å². The summed E-state index contributed by atoms with van der Waals surface area (Å²) in [4.78, 5) is 0. The summed E-state index contributed by atoms with van der Waals surface area (Å²) in [6.45, 7) is 0.864. The zero-order chi connectivity index (χ0) is 9.97. The quantitative estimate of drug-likeness (QED) is 0.703. The van der Waals surface area contributed by atoms with Gasteiger partial charge >= 0.3 is 0 Å². The molecule has 0 amide bonds. The van der Waals surface area contributed by atoms with Crippen LogP contribution in [0.2, 0.25) is 0 Å². The minimum atomic E-state index is 0.764. The van der Waals surface area contributed by atoms with E-state index in [1.165, 1.54) is 5.22 Å². The first-order valence-electron chi connectivity index (χ1n) is 4.51. The monoisotopic (exact) mass is 191 g/mol. The van der Waals surface area contributed by atoms with Gasteiger partial charge in [-0.05, 0) is 17.4 Å². The van der Waals surface area contributed by atoms with Crippen LogP contribution in [0.5, 0.6) is 11.5 Å². The molecule has 0 unspecified atom stereocenters. The van der Waals surface area contributed by atoms with E-state index in [1.807, 2.05) is 18.3 Å². The zero-order valence-electron chi connectivity index (χ0n) is 8.33. The van der Waals surface area contributed by atoms with E-state index >= 15 is 0 Å². The van der Waals surface area contributed by atoms with E-state index in [-0.39, 0.29) is 0 Å².